The Morgan fingerprint density at radius 3 is 2.41 bits per heavy atom. The maximum absolute atomic E-state index is 12.9. The number of benzene rings is 2. The second-order valence-electron chi connectivity index (χ2n) is 6.95. The van der Waals surface area contributed by atoms with Crippen molar-refractivity contribution in [3.05, 3.63) is 59.7 Å². The van der Waals surface area contributed by atoms with Gasteiger partial charge in [-0.2, -0.15) is 4.31 Å². The van der Waals surface area contributed by atoms with Gasteiger partial charge in [-0.15, -0.1) is 0 Å². The third kappa shape index (κ3) is 3.21. The van der Waals surface area contributed by atoms with E-state index in [1.807, 2.05) is 25.1 Å². The summed E-state index contributed by atoms with van der Waals surface area (Å²) < 4.78 is 33.4. The van der Waals surface area contributed by atoms with Gasteiger partial charge in [0.2, 0.25) is 10.0 Å². The van der Waals surface area contributed by atoms with Crippen molar-refractivity contribution in [2.45, 2.75) is 36.8 Å². The third-order valence-corrected chi connectivity index (χ3v) is 7.19. The molecule has 1 saturated heterocycles. The van der Waals surface area contributed by atoms with Crippen molar-refractivity contribution < 1.29 is 17.9 Å². The van der Waals surface area contributed by atoms with E-state index in [9.17, 15) is 13.2 Å². The van der Waals surface area contributed by atoms with Gasteiger partial charge in [0.25, 0.3) is 5.91 Å². The number of amides is 1. The zero-order chi connectivity index (χ0) is 19.1. The third-order valence-electron chi connectivity index (χ3n) is 5.28. The van der Waals surface area contributed by atoms with Gasteiger partial charge < -0.3 is 10.1 Å². The summed E-state index contributed by atoms with van der Waals surface area (Å²) in [5.74, 6) is 0.371. The molecular weight excluding hydrogens is 364 g/mol. The molecule has 2 aromatic rings. The number of hydrogen-bond acceptors (Lipinski definition) is 4. The van der Waals surface area contributed by atoms with E-state index in [0.29, 0.717) is 42.1 Å². The number of rotatable bonds is 3. The summed E-state index contributed by atoms with van der Waals surface area (Å²) in [7, 11) is -3.55. The Morgan fingerprint density at radius 2 is 1.74 bits per heavy atom. The molecule has 0 saturated carbocycles. The minimum atomic E-state index is -3.55. The van der Waals surface area contributed by atoms with Gasteiger partial charge in [-0.25, -0.2) is 8.42 Å². The molecular formula is C20H22N2O4S. The van der Waals surface area contributed by atoms with Crippen molar-refractivity contribution in [3.63, 3.8) is 0 Å². The fraction of sp³-hybridized carbons (Fsp3) is 0.350. The van der Waals surface area contributed by atoms with E-state index in [2.05, 4.69) is 5.32 Å². The van der Waals surface area contributed by atoms with Crippen LogP contribution in [0.4, 0.5) is 0 Å². The molecule has 2 aliphatic heterocycles. The molecule has 1 fully saturated rings. The summed E-state index contributed by atoms with van der Waals surface area (Å²) >= 11 is 0. The molecule has 1 amide bonds. The van der Waals surface area contributed by atoms with E-state index in [4.69, 9.17) is 4.74 Å². The molecule has 0 radical (unpaired) electrons. The molecule has 4 rings (SSSR count). The first kappa shape index (κ1) is 18.0. The van der Waals surface area contributed by atoms with Crippen molar-refractivity contribution in [1.29, 1.82) is 0 Å². The summed E-state index contributed by atoms with van der Waals surface area (Å²) in [6, 6.07) is 14.1. The molecule has 7 heteroatoms. The Kier molecular flexibility index (Phi) is 4.44. The number of nitrogens with one attached hydrogen (secondary N) is 1. The molecule has 0 bridgehead atoms. The van der Waals surface area contributed by atoms with Crippen molar-refractivity contribution in [2.75, 3.05) is 13.1 Å². The van der Waals surface area contributed by atoms with Gasteiger partial charge in [0.15, 0.2) is 5.72 Å². The predicted octanol–water partition coefficient (Wildman–Crippen LogP) is 2.55. The zero-order valence-corrected chi connectivity index (χ0v) is 16.0. The van der Waals surface area contributed by atoms with Crippen LogP contribution in [0.1, 0.15) is 35.7 Å². The standard InChI is InChI=1S/C20H22N2O4S/c1-2-15-7-9-16(10-8-15)27(24,25)22-13-11-20(12-14-22)21-19(23)17-5-3-4-6-18(17)26-20/h3-10H,2,11-14H2,1H3,(H,21,23). The van der Waals surface area contributed by atoms with Crippen LogP contribution < -0.4 is 10.1 Å². The lowest BCUT2D eigenvalue weighted by Gasteiger charge is -2.44. The van der Waals surface area contributed by atoms with E-state index in [0.717, 1.165) is 12.0 Å². The summed E-state index contributed by atoms with van der Waals surface area (Å²) in [4.78, 5) is 12.7. The van der Waals surface area contributed by atoms with Gasteiger partial charge in [0.05, 0.1) is 10.5 Å². The Hall–Kier alpha value is -2.38. The first-order chi connectivity index (χ1) is 12.9. The zero-order valence-electron chi connectivity index (χ0n) is 15.1. The molecule has 142 valence electrons. The van der Waals surface area contributed by atoms with Crippen LogP contribution in [-0.2, 0) is 16.4 Å². The molecule has 0 aromatic heterocycles. The number of fused-ring (bicyclic) bond motifs is 1. The van der Waals surface area contributed by atoms with Crippen molar-refractivity contribution in [1.82, 2.24) is 9.62 Å². The number of nitrogens with zero attached hydrogens (tertiary/aromatic N) is 1. The van der Waals surface area contributed by atoms with E-state index >= 15 is 0 Å². The highest BCUT2D eigenvalue weighted by atomic mass is 32.2. The van der Waals surface area contributed by atoms with Gasteiger partial charge in [-0.3, -0.25) is 4.79 Å². The summed E-state index contributed by atoms with van der Waals surface area (Å²) in [6.07, 6.45) is 1.67. The number of ether oxygens (including phenoxy) is 1. The van der Waals surface area contributed by atoms with E-state index < -0.39 is 15.7 Å². The molecule has 0 unspecified atom stereocenters. The Bertz CT molecular complexity index is 962. The minimum Gasteiger partial charge on any atom is -0.467 e. The molecule has 1 N–H and O–H groups in total. The Morgan fingerprint density at radius 1 is 1.07 bits per heavy atom. The van der Waals surface area contributed by atoms with Gasteiger partial charge in [-0.05, 0) is 36.2 Å². The van der Waals surface area contributed by atoms with Crippen LogP contribution in [0.25, 0.3) is 0 Å². The maximum atomic E-state index is 12.9. The van der Waals surface area contributed by atoms with Gasteiger partial charge >= 0.3 is 0 Å². The fourth-order valence-electron chi connectivity index (χ4n) is 3.61. The highest BCUT2D eigenvalue weighted by Crippen LogP contribution is 2.34. The summed E-state index contributed by atoms with van der Waals surface area (Å²) in [6.45, 7) is 2.62. The molecule has 6 nitrogen and oxygen atoms in total. The van der Waals surface area contributed by atoms with Crippen LogP contribution in [0, 0.1) is 0 Å². The van der Waals surface area contributed by atoms with Crippen LogP contribution in [0.3, 0.4) is 0 Å². The van der Waals surface area contributed by atoms with Crippen molar-refractivity contribution in [2.24, 2.45) is 0 Å². The number of sulfonamides is 1. The molecule has 2 aliphatic rings. The SMILES string of the molecule is CCc1ccc(S(=O)(=O)N2CCC3(CC2)NC(=O)c2ccccc2O3)cc1. The highest BCUT2D eigenvalue weighted by Gasteiger charge is 2.44. The number of hydrogen-bond donors (Lipinski definition) is 1. The van der Waals surface area contributed by atoms with Gasteiger partial charge in [0, 0.05) is 25.9 Å². The normalized spacial score (nSPS) is 19.2. The van der Waals surface area contributed by atoms with E-state index in [-0.39, 0.29) is 5.91 Å². The molecule has 2 aromatic carbocycles. The monoisotopic (exact) mass is 386 g/mol. The summed E-state index contributed by atoms with van der Waals surface area (Å²) in [5, 5.41) is 2.93. The quantitative estimate of drug-likeness (QED) is 0.880. The van der Waals surface area contributed by atoms with Crippen LogP contribution in [0.15, 0.2) is 53.4 Å². The molecule has 0 aliphatic carbocycles. The molecule has 0 atom stereocenters. The fourth-order valence-corrected chi connectivity index (χ4v) is 5.06. The van der Waals surface area contributed by atoms with Crippen LogP contribution >= 0.6 is 0 Å². The lowest BCUT2D eigenvalue weighted by molar-refractivity contribution is -0.0155. The van der Waals surface area contributed by atoms with Gasteiger partial charge in [-0.1, -0.05) is 31.2 Å². The van der Waals surface area contributed by atoms with Crippen molar-refractivity contribution in [3.8, 4) is 5.75 Å². The average molecular weight is 386 g/mol. The second kappa shape index (κ2) is 6.65. The van der Waals surface area contributed by atoms with Crippen molar-refractivity contribution >= 4 is 15.9 Å². The second-order valence-corrected chi connectivity index (χ2v) is 8.89. The largest absolute Gasteiger partial charge is 0.467 e. The van der Waals surface area contributed by atoms with E-state index in [1.165, 1.54) is 4.31 Å². The number of carbonyl (C=O) groups excluding carboxylic acids is 1. The molecule has 1 spiro atoms. The minimum absolute atomic E-state index is 0.177. The number of aryl methyl sites for hydroxylation is 1. The van der Waals surface area contributed by atoms with Gasteiger partial charge in [0.1, 0.15) is 5.75 Å². The summed E-state index contributed by atoms with van der Waals surface area (Å²) in [5.41, 5.74) is 0.765. The van der Waals surface area contributed by atoms with Crippen LogP contribution in [0.2, 0.25) is 0 Å². The lowest BCUT2D eigenvalue weighted by atomic mass is 9.98. The maximum Gasteiger partial charge on any atom is 0.258 e. The van der Waals surface area contributed by atoms with E-state index in [1.54, 1.807) is 30.3 Å². The Labute approximate surface area is 159 Å². The first-order valence-corrected chi connectivity index (χ1v) is 10.6. The molecule has 2 heterocycles. The first-order valence-electron chi connectivity index (χ1n) is 9.13. The van der Waals surface area contributed by atoms with Crippen LogP contribution in [0.5, 0.6) is 5.75 Å². The Balaban J connectivity index is 1.51. The molecule has 27 heavy (non-hydrogen) atoms. The number of para-hydroxylation sites is 1. The van der Waals surface area contributed by atoms with Crippen LogP contribution in [-0.4, -0.2) is 37.4 Å². The number of carbonyl (C=O) groups is 1. The average Bonchev–Trinajstić information content (AvgIpc) is 2.68. The lowest BCUT2D eigenvalue weighted by Crippen LogP contribution is -2.61. The topological polar surface area (TPSA) is 75.7 Å². The highest BCUT2D eigenvalue weighted by molar-refractivity contribution is 7.89. The smallest absolute Gasteiger partial charge is 0.258 e. The number of piperidine rings is 1. The predicted molar refractivity (Wildman–Crippen MR) is 101 cm³/mol.